The second-order valence-corrected chi connectivity index (χ2v) is 10.0. The quantitative estimate of drug-likeness (QED) is 0.588. The molecule has 5 aliphatic rings. The number of nitrogens with zero attached hydrogens (tertiary/aromatic N) is 2. The average molecular weight is 349 g/mol. The fraction of sp³-hybridized carbons (Fsp3) is 0.750. The van der Waals surface area contributed by atoms with E-state index in [9.17, 15) is 0 Å². The molecule has 3 saturated carbocycles. The lowest BCUT2D eigenvalue weighted by Gasteiger charge is -2.54. The van der Waals surface area contributed by atoms with Gasteiger partial charge in [-0.3, -0.25) is 0 Å². The molecule has 0 aliphatic heterocycles. The van der Waals surface area contributed by atoms with Gasteiger partial charge in [0.1, 0.15) is 6.33 Å². The third-order valence-electron chi connectivity index (χ3n) is 9.12. The smallest absolute Gasteiger partial charge is 0.115 e. The van der Waals surface area contributed by atoms with Crippen molar-refractivity contribution >= 4 is 0 Å². The van der Waals surface area contributed by atoms with Crippen LogP contribution in [0.4, 0.5) is 0 Å². The predicted molar refractivity (Wildman–Crippen MR) is 104 cm³/mol. The van der Waals surface area contributed by atoms with Crippen molar-refractivity contribution in [3.63, 3.8) is 0 Å². The molecule has 2 heteroatoms. The van der Waals surface area contributed by atoms with Crippen LogP contribution in [0.15, 0.2) is 24.2 Å². The maximum absolute atomic E-state index is 4.60. The molecule has 3 fully saturated rings. The maximum atomic E-state index is 4.60. The Kier molecular flexibility index (Phi) is 3.76. The molecule has 2 nitrogen and oxygen atoms in total. The SMILES string of the molecule is C1=C2C3CCCCC3CCC2C2CCC3Cc4ncncc4CC3C2C1. The highest BCUT2D eigenvalue weighted by atomic mass is 14.8. The lowest BCUT2D eigenvalue weighted by molar-refractivity contribution is 0.0255. The Hall–Kier alpha value is -1.18. The van der Waals surface area contributed by atoms with E-state index >= 15 is 0 Å². The molecule has 0 aromatic carbocycles. The molecule has 1 aromatic rings. The van der Waals surface area contributed by atoms with Gasteiger partial charge in [0.2, 0.25) is 0 Å². The molecule has 1 aromatic heterocycles. The predicted octanol–water partition coefficient (Wildman–Crippen LogP) is 5.38. The van der Waals surface area contributed by atoms with Crippen LogP contribution in [0.2, 0.25) is 0 Å². The van der Waals surface area contributed by atoms with Crippen LogP contribution < -0.4 is 0 Å². The highest BCUT2D eigenvalue weighted by Gasteiger charge is 2.49. The minimum Gasteiger partial charge on any atom is -0.245 e. The van der Waals surface area contributed by atoms with E-state index in [1.807, 2.05) is 5.57 Å². The summed E-state index contributed by atoms with van der Waals surface area (Å²) in [6, 6.07) is 0. The van der Waals surface area contributed by atoms with Crippen LogP contribution in [0.5, 0.6) is 0 Å². The van der Waals surface area contributed by atoms with E-state index in [1.54, 1.807) is 6.33 Å². The van der Waals surface area contributed by atoms with Crippen molar-refractivity contribution in [3.05, 3.63) is 35.4 Å². The van der Waals surface area contributed by atoms with Gasteiger partial charge in [-0.25, -0.2) is 9.97 Å². The Morgan fingerprint density at radius 3 is 2.69 bits per heavy atom. The molecule has 0 bridgehead atoms. The second-order valence-electron chi connectivity index (χ2n) is 10.0. The van der Waals surface area contributed by atoms with Crippen LogP contribution in [-0.2, 0) is 12.8 Å². The van der Waals surface area contributed by atoms with Crippen LogP contribution in [0.1, 0.15) is 69.0 Å². The summed E-state index contributed by atoms with van der Waals surface area (Å²) in [4.78, 5) is 8.93. The van der Waals surface area contributed by atoms with Crippen molar-refractivity contribution in [2.75, 3.05) is 0 Å². The van der Waals surface area contributed by atoms with Crippen LogP contribution in [0.3, 0.4) is 0 Å². The Balaban J connectivity index is 1.30. The van der Waals surface area contributed by atoms with E-state index in [0.29, 0.717) is 0 Å². The average Bonchev–Trinajstić information content (AvgIpc) is 2.71. The summed E-state index contributed by atoms with van der Waals surface area (Å²) in [6.07, 6.45) is 22.5. The van der Waals surface area contributed by atoms with E-state index in [-0.39, 0.29) is 0 Å². The summed E-state index contributed by atoms with van der Waals surface area (Å²) in [5.74, 6) is 6.68. The van der Waals surface area contributed by atoms with Crippen LogP contribution in [0.25, 0.3) is 0 Å². The largest absolute Gasteiger partial charge is 0.245 e. The summed E-state index contributed by atoms with van der Waals surface area (Å²) in [7, 11) is 0. The molecule has 1 heterocycles. The molecule has 0 saturated heterocycles. The molecule has 5 aliphatic carbocycles. The molecule has 0 radical (unpaired) electrons. The molecular formula is C24H32N2. The first kappa shape index (κ1) is 15.8. The number of allylic oxidation sites excluding steroid dienone is 2. The summed E-state index contributed by atoms with van der Waals surface area (Å²) >= 11 is 0. The summed E-state index contributed by atoms with van der Waals surface area (Å²) in [6.45, 7) is 0. The first-order valence-corrected chi connectivity index (χ1v) is 11.4. The number of rotatable bonds is 0. The van der Waals surface area contributed by atoms with E-state index < -0.39 is 0 Å². The number of aromatic nitrogens is 2. The fourth-order valence-electron chi connectivity index (χ4n) is 8.03. The number of fused-ring (bicyclic) bond motifs is 8. The number of hydrogen-bond acceptors (Lipinski definition) is 2. The monoisotopic (exact) mass is 348 g/mol. The van der Waals surface area contributed by atoms with E-state index in [2.05, 4.69) is 22.2 Å². The molecule has 26 heavy (non-hydrogen) atoms. The van der Waals surface area contributed by atoms with Crippen molar-refractivity contribution in [2.24, 2.45) is 41.4 Å². The van der Waals surface area contributed by atoms with Crippen molar-refractivity contribution < 1.29 is 0 Å². The Bertz CT molecular complexity index is 723. The van der Waals surface area contributed by atoms with E-state index in [4.69, 9.17) is 0 Å². The molecule has 0 spiro atoms. The van der Waals surface area contributed by atoms with Gasteiger partial charge in [-0.1, -0.05) is 24.5 Å². The molecule has 138 valence electrons. The van der Waals surface area contributed by atoms with E-state index in [1.165, 1.54) is 81.9 Å². The van der Waals surface area contributed by atoms with E-state index in [0.717, 1.165) is 41.4 Å². The molecule has 6 rings (SSSR count). The second kappa shape index (κ2) is 6.17. The highest BCUT2D eigenvalue weighted by molar-refractivity contribution is 5.26. The van der Waals surface area contributed by atoms with Gasteiger partial charge in [-0.05, 0) is 105 Å². The first-order chi connectivity index (χ1) is 12.9. The van der Waals surface area contributed by atoms with Crippen LogP contribution in [0, 0.1) is 41.4 Å². The zero-order valence-corrected chi connectivity index (χ0v) is 15.9. The lowest BCUT2D eigenvalue weighted by Crippen LogP contribution is -2.46. The van der Waals surface area contributed by atoms with Crippen LogP contribution >= 0.6 is 0 Å². The minimum atomic E-state index is 0.889. The number of hydrogen-bond donors (Lipinski definition) is 0. The van der Waals surface area contributed by atoms with Crippen molar-refractivity contribution in [3.8, 4) is 0 Å². The summed E-state index contributed by atoms with van der Waals surface area (Å²) in [5.41, 5.74) is 4.76. The topological polar surface area (TPSA) is 25.8 Å². The third kappa shape index (κ3) is 2.36. The minimum absolute atomic E-state index is 0.889. The summed E-state index contributed by atoms with van der Waals surface area (Å²) in [5, 5.41) is 0. The first-order valence-electron chi connectivity index (χ1n) is 11.4. The molecule has 0 N–H and O–H groups in total. The normalized spacial score (nSPS) is 43.8. The van der Waals surface area contributed by atoms with Crippen LogP contribution in [-0.4, -0.2) is 9.97 Å². The van der Waals surface area contributed by atoms with Gasteiger partial charge in [-0.2, -0.15) is 0 Å². The van der Waals surface area contributed by atoms with Gasteiger partial charge in [-0.15, -0.1) is 0 Å². The molecule has 7 atom stereocenters. The zero-order chi connectivity index (χ0) is 17.1. The van der Waals surface area contributed by atoms with Gasteiger partial charge in [0.25, 0.3) is 0 Å². The molecular weight excluding hydrogens is 316 g/mol. The van der Waals surface area contributed by atoms with Crippen molar-refractivity contribution in [1.82, 2.24) is 9.97 Å². The maximum Gasteiger partial charge on any atom is 0.115 e. The standard InChI is InChI=1S/C24H32N2/c1-2-4-18-15(3-1)5-7-20-19(18)9-10-22-21(20)8-6-16-12-24-17(11-23(16)22)13-25-14-26-24/h9,13-16,18,20-23H,1-8,10-12H2. The molecule has 7 unspecified atom stereocenters. The lowest BCUT2D eigenvalue weighted by atomic mass is 9.51. The van der Waals surface area contributed by atoms with Crippen molar-refractivity contribution in [2.45, 2.75) is 70.6 Å². The molecule has 0 amide bonds. The van der Waals surface area contributed by atoms with Crippen molar-refractivity contribution in [1.29, 1.82) is 0 Å². The Labute approximate surface area is 157 Å². The van der Waals surface area contributed by atoms with Gasteiger partial charge >= 0.3 is 0 Å². The van der Waals surface area contributed by atoms with Gasteiger partial charge < -0.3 is 0 Å². The third-order valence-corrected chi connectivity index (χ3v) is 9.12. The summed E-state index contributed by atoms with van der Waals surface area (Å²) < 4.78 is 0. The zero-order valence-electron chi connectivity index (χ0n) is 15.9. The van der Waals surface area contributed by atoms with Gasteiger partial charge in [0.05, 0.1) is 0 Å². The Morgan fingerprint density at radius 2 is 1.69 bits per heavy atom. The van der Waals surface area contributed by atoms with Gasteiger partial charge in [0, 0.05) is 11.9 Å². The fourth-order valence-corrected chi connectivity index (χ4v) is 8.03. The Morgan fingerprint density at radius 1 is 0.769 bits per heavy atom. The highest BCUT2D eigenvalue weighted by Crippen LogP contribution is 2.57. The van der Waals surface area contributed by atoms with Gasteiger partial charge in [0.15, 0.2) is 0 Å².